The Morgan fingerprint density at radius 2 is 1.92 bits per heavy atom. The molecule has 4 nitrogen and oxygen atoms in total. The van der Waals surface area contributed by atoms with Crippen LogP contribution in [-0.4, -0.2) is 19.6 Å². The number of hydrogen-bond donors (Lipinski definition) is 2. The molecular formula is C21H21N3O. The van der Waals surface area contributed by atoms with Crippen molar-refractivity contribution in [3.63, 3.8) is 0 Å². The number of nitrogens with one attached hydrogen (secondary N) is 1. The molecule has 0 spiro atoms. The van der Waals surface area contributed by atoms with Crippen molar-refractivity contribution >= 4 is 21.9 Å². The zero-order valence-electron chi connectivity index (χ0n) is 14.1. The molecule has 0 unspecified atom stereocenters. The minimum absolute atomic E-state index is 0.334. The SMILES string of the molecule is Oc1ccccc1-c1cc2cnc3[nH]ccc3c2n1C1CCCCC1. The number of rotatable bonds is 2. The van der Waals surface area contributed by atoms with E-state index in [1.54, 1.807) is 6.07 Å². The Hall–Kier alpha value is -2.75. The summed E-state index contributed by atoms with van der Waals surface area (Å²) in [5.41, 5.74) is 4.14. The largest absolute Gasteiger partial charge is 0.507 e. The second-order valence-electron chi connectivity index (χ2n) is 7.01. The lowest BCUT2D eigenvalue weighted by molar-refractivity contribution is 0.363. The number of aromatic hydroxyl groups is 1. The first-order valence-electron chi connectivity index (χ1n) is 9.08. The first-order valence-corrected chi connectivity index (χ1v) is 9.08. The van der Waals surface area contributed by atoms with Crippen LogP contribution in [0.1, 0.15) is 38.1 Å². The summed E-state index contributed by atoms with van der Waals surface area (Å²) >= 11 is 0. The van der Waals surface area contributed by atoms with Gasteiger partial charge in [0.15, 0.2) is 0 Å². The van der Waals surface area contributed by atoms with E-state index in [1.807, 2.05) is 30.6 Å². The maximum absolute atomic E-state index is 10.5. The number of pyridine rings is 1. The Kier molecular flexibility index (Phi) is 3.30. The molecule has 25 heavy (non-hydrogen) atoms. The average molecular weight is 331 g/mol. The van der Waals surface area contributed by atoms with Crippen molar-refractivity contribution in [3.05, 3.63) is 48.8 Å². The second kappa shape index (κ2) is 5.66. The fourth-order valence-corrected chi connectivity index (χ4v) is 4.34. The van der Waals surface area contributed by atoms with Crippen LogP contribution in [0.25, 0.3) is 33.2 Å². The molecule has 0 amide bonds. The number of benzene rings is 1. The minimum atomic E-state index is 0.334. The van der Waals surface area contributed by atoms with Gasteiger partial charge in [0.25, 0.3) is 0 Å². The Labute approximate surface area is 146 Å². The van der Waals surface area contributed by atoms with Crippen molar-refractivity contribution in [2.24, 2.45) is 0 Å². The van der Waals surface area contributed by atoms with Gasteiger partial charge in [0.05, 0.1) is 11.2 Å². The van der Waals surface area contributed by atoms with Gasteiger partial charge in [-0.15, -0.1) is 0 Å². The lowest BCUT2D eigenvalue weighted by Crippen LogP contribution is -2.13. The molecule has 5 rings (SSSR count). The lowest BCUT2D eigenvalue weighted by Gasteiger charge is -2.27. The molecular weight excluding hydrogens is 310 g/mol. The Morgan fingerprint density at radius 3 is 2.76 bits per heavy atom. The van der Waals surface area contributed by atoms with E-state index in [-0.39, 0.29) is 0 Å². The molecule has 0 aliphatic heterocycles. The predicted octanol–water partition coefficient (Wildman–Crippen LogP) is 5.40. The summed E-state index contributed by atoms with van der Waals surface area (Å²) in [6.45, 7) is 0. The van der Waals surface area contributed by atoms with Crippen LogP contribution in [-0.2, 0) is 0 Å². The summed E-state index contributed by atoms with van der Waals surface area (Å²) < 4.78 is 2.46. The maximum Gasteiger partial charge on any atom is 0.139 e. The number of nitrogens with zero attached hydrogens (tertiary/aromatic N) is 2. The standard InChI is InChI=1S/C21H21N3O/c25-19-9-5-4-8-16(19)18-12-14-13-23-21-17(10-11-22-21)20(14)24(18)15-6-2-1-3-7-15/h4-5,8-13,15,25H,1-3,6-7H2,(H,22,23). The normalized spacial score (nSPS) is 16.0. The van der Waals surface area contributed by atoms with E-state index in [0.29, 0.717) is 11.8 Å². The highest BCUT2D eigenvalue weighted by atomic mass is 16.3. The van der Waals surface area contributed by atoms with Crippen molar-refractivity contribution in [3.8, 4) is 17.0 Å². The number of aromatic nitrogens is 3. The van der Waals surface area contributed by atoms with Crippen molar-refractivity contribution < 1.29 is 5.11 Å². The summed E-state index contributed by atoms with van der Waals surface area (Å²) in [7, 11) is 0. The van der Waals surface area contributed by atoms with Crippen molar-refractivity contribution in [2.45, 2.75) is 38.1 Å². The van der Waals surface area contributed by atoms with Gasteiger partial charge in [-0.25, -0.2) is 4.98 Å². The number of phenols is 1. The third-order valence-corrected chi connectivity index (χ3v) is 5.50. The number of fused-ring (bicyclic) bond motifs is 3. The van der Waals surface area contributed by atoms with Crippen molar-refractivity contribution in [1.29, 1.82) is 0 Å². The molecule has 0 saturated heterocycles. The fourth-order valence-electron chi connectivity index (χ4n) is 4.34. The Morgan fingerprint density at radius 1 is 1.08 bits per heavy atom. The first kappa shape index (κ1) is 14.6. The Balaban J connectivity index is 1.86. The van der Waals surface area contributed by atoms with Gasteiger partial charge in [0, 0.05) is 34.8 Å². The molecule has 0 bridgehead atoms. The maximum atomic E-state index is 10.5. The van der Waals surface area contributed by atoms with Crippen LogP contribution in [0.15, 0.2) is 48.8 Å². The van der Waals surface area contributed by atoms with Gasteiger partial charge in [-0.1, -0.05) is 31.4 Å². The molecule has 126 valence electrons. The van der Waals surface area contributed by atoms with E-state index < -0.39 is 0 Å². The molecule has 1 fully saturated rings. The first-order chi connectivity index (χ1) is 12.3. The van der Waals surface area contributed by atoms with Gasteiger partial charge < -0.3 is 14.7 Å². The number of aromatic amines is 1. The second-order valence-corrected chi connectivity index (χ2v) is 7.01. The molecule has 2 N–H and O–H groups in total. The highest BCUT2D eigenvalue weighted by molar-refractivity contribution is 6.05. The van der Waals surface area contributed by atoms with Crippen molar-refractivity contribution in [1.82, 2.24) is 14.5 Å². The monoisotopic (exact) mass is 331 g/mol. The molecule has 1 aromatic carbocycles. The zero-order valence-corrected chi connectivity index (χ0v) is 14.1. The molecule has 4 aromatic rings. The number of H-pyrrole nitrogens is 1. The topological polar surface area (TPSA) is 53.8 Å². The third-order valence-electron chi connectivity index (χ3n) is 5.50. The van der Waals surface area contributed by atoms with Crippen LogP contribution >= 0.6 is 0 Å². The highest BCUT2D eigenvalue weighted by Crippen LogP contribution is 2.41. The smallest absolute Gasteiger partial charge is 0.139 e. The summed E-state index contributed by atoms with van der Waals surface area (Å²) in [5, 5.41) is 12.7. The third kappa shape index (κ3) is 2.24. The van der Waals surface area contributed by atoms with Gasteiger partial charge in [0.1, 0.15) is 11.4 Å². The van der Waals surface area contributed by atoms with Gasteiger partial charge in [-0.05, 0) is 37.1 Å². The quantitative estimate of drug-likeness (QED) is 0.517. The average Bonchev–Trinajstić information content (AvgIpc) is 3.26. The van der Waals surface area contributed by atoms with Gasteiger partial charge in [-0.3, -0.25) is 0 Å². The van der Waals surface area contributed by atoms with Gasteiger partial charge in [0.2, 0.25) is 0 Å². The Bertz CT molecular complexity index is 1050. The lowest BCUT2D eigenvalue weighted by atomic mass is 9.94. The predicted molar refractivity (Wildman–Crippen MR) is 101 cm³/mol. The van der Waals surface area contributed by atoms with Crippen LogP contribution in [0.2, 0.25) is 0 Å². The highest BCUT2D eigenvalue weighted by Gasteiger charge is 2.23. The van der Waals surface area contributed by atoms with E-state index in [1.165, 1.54) is 37.6 Å². The number of para-hydroxylation sites is 1. The molecule has 4 heteroatoms. The van der Waals surface area contributed by atoms with Crippen LogP contribution in [0.4, 0.5) is 0 Å². The number of phenolic OH excluding ortho intramolecular Hbond substituents is 1. The summed E-state index contributed by atoms with van der Waals surface area (Å²) in [6.07, 6.45) is 10.1. The zero-order chi connectivity index (χ0) is 16.8. The van der Waals surface area contributed by atoms with Crippen LogP contribution in [0.5, 0.6) is 5.75 Å². The van der Waals surface area contributed by atoms with E-state index in [4.69, 9.17) is 0 Å². The van der Waals surface area contributed by atoms with E-state index in [9.17, 15) is 5.11 Å². The molecule has 1 aliphatic carbocycles. The molecule has 3 heterocycles. The summed E-state index contributed by atoms with van der Waals surface area (Å²) in [4.78, 5) is 7.78. The van der Waals surface area contributed by atoms with Crippen molar-refractivity contribution in [2.75, 3.05) is 0 Å². The summed E-state index contributed by atoms with van der Waals surface area (Å²) in [6, 6.07) is 12.4. The summed E-state index contributed by atoms with van der Waals surface area (Å²) in [5.74, 6) is 0.334. The van der Waals surface area contributed by atoms with Crippen LogP contribution in [0.3, 0.4) is 0 Å². The molecule has 3 aromatic heterocycles. The molecule has 0 radical (unpaired) electrons. The molecule has 0 atom stereocenters. The molecule has 1 aliphatic rings. The van der Waals surface area contributed by atoms with Gasteiger partial charge in [-0.2, -0.15) is 0 Å². The van der Waals surface area contributed by atoms with E-state index in [2.05, 4.69) is 26.7 Å². The number of hydrogen-bond acceptors (Lipinski definition) is 2. The fraction of sp³-hybridized carbons (Fsp3) is 0.286. The van der Waals surface area contributed by atoms with E-state index >= 15 is 0 Å². The molecule has 1 saturated carbocycles. The van der Waals surface area contributed by atoms with Gasteiger partial charge >= 0.3 is 0 Å². The van der Waals surface area contributed by atoms with E-state index in [0.717, 1.165) is 27.7 Å². The van der Waals surface area contributed by atoms with Crippen LogP contribution < -0.4 is 0 Å². The van der Waals surface area contributed by atoms with Crippen LogP contribution in [0, 0.1) is 0 Å². The minimum Gasteiger partial charge on any atom is -0.507 e.